The van der Waals surface area contributed by atoms with E-state index in [-0.39, 0.29) is 17.5 Å². The number of nitrogens with zero attached hydrogens (tertiary/aromatic N) is 5. The van der Waals surface area contributed by atoms with Crippen molar-refractivity contribution in [2.45, 2.75) is 17.4 Å². The molecule has 1 aromatic carbocycles. The molecule has 1 saturated heterocycles. The maximum Gasteiger partial charge on any atom is 0.245 e. The molecular formula is C19H21N5O3S. The van der Waals surface area contributed by atoms with Gasteiger partial charge < -0.3 is 9.64 Å². The highest BCUT2D eigenvalue weighted by Crippen LogP contribution is 2.27. The van der Waals surface area contributed by atoms with E-state index in [1.54, 1.807) is 36.8 Å². The summed E-state index contributed by atoms with van der Waals surface area (Å²) >= 11 is 0. The average Bonchev–Trinajstić information content (AvgIpc) is 3.17. The molecule has 8 nitrogen and oxygen atoms in total. The van der Waals surface area contributed by atoms with E-state index in [1.165, 1.54) is 4.31 Å². The normalized spacial score (nSPS) is 17.7. The summed E-state index contributed by atoms with van der Waals surface area (Å²) in [6, 6.07) is 8.84. The predicted octanol–water partition coefficient (Wildman–Crippen LogP) is 1.93. The Kier molecular flexibility index (Phi) is 4.86. The maximum atomic E-state index is 13.2. The lowest BCUT2D eigenvalue weighted by Crippen LogP contribution is -2.31. The zero-order chi connectivity index (χ0) is 19.7. The Bertz CT molecular complexity index is 1100. The Morgan fingerprint density at radius 3 is 2.82 bits per heavy atom. The van der Waals surface area contributed by atoms with Crippen molar-refractivity contribution < 1.29 is 13.2 Å². The van der Waals surface area contributed by atoms with Crippen LogP contribution in [0.3, 0.4) is 0 Å². The van der Waals surface area contributed by atoms with E-state index in [1.807, 2.05) is 31.1 Å². The average molecular weight is 399 g/mol. The van der Waals surface area contributed by atoms with Gasteiger partial charge in [0.15, 0.2) is 5.82 Å². The summed E-state index contributed by atoms with van der Waals surface area (Å²) < 4.78 is 33.7. The van der Waals surface area contributed by atoms with Gasteiger partial charge in [-0.1, -0.05) is 18.2 Å². The third-order valence-corrected chi connectivity index (χ3v) is 6.56. The van der Waals surface area contributed by atoms with Crippen molar-refractivity contribution in [3.63, 3.8) is 0 Å². The first-order valence-corrected chi connectivity index (χ1v) is 10.4. The van der Waals surface area contributed by atoms with Crippen molar-refractivity contribution in [3.05, 3.63) is 48.9 Å². The van der Waals surface area contributed by atoms with E-state index in [0.29, 0.717) is 30.2 Å². The number of pyridine rings is 1. The van der Waals surface area contributed by atoms with Crippen molar-refractivity contribution in [3.8, 4) is 5.88 Å². The van der Waals surface area contributed by atoms with Gasteiger partial charge >= 0.3 is 0 Å². The molecular weight excluding hydrogens is 378 g/mol. The van der Waals surface area contributed by atoms with Crippen LogP contribution >= 0.6 is 0 Å². The number of rotatable bonds is 5. The number of anilines is 1. The Labute approximate surface area is 163 Å². The van der Waals surface area contributed by atoms with E-state index >= 15 is 0 Å². The Balaban J connectivity index is 1.54. The molecule has 0 aliphatic carbocycles. The van der Waals surface area contributed by atoms with Crippen LogP contribution in [0.5, 0.6) is 5.88 Å². The summed E-state index contributed by atoms with van der Waals surface area (Å²) in [5.41, 5.74) is 0.485. The van der Waals surface area contributed by atoms with Crippen LogP contribution in [0.2, 0.25) is 0 Å². The van der Waals surface area contributed by atoms with Crippen LogP contribution in [-0.4, -0.2) is 61.0 Å². The first-order chi connectivity index (χ1) is 13.4. The predicted molar refractivity (Wildman–Crippen MR) is 106 cm³/mol. The van der Waals surface area contributed by atoms with Gasteiger partial charge in [0.25, 0.3) is 0 Å². The van der Waals surface area contributed by atoms with Crippen molar-refractivity contribution >= 4 is 26.7 Å². The van der Waals surface area contributed by atoms with Crippen molar-refractivity contribution in [2.24, 2.45) is 0 Å². The van der Waals surface area contributed by atoms with Crippen LogP contribution in [0.4, 0.5) is 5.82 Å². The molecule has 1 fully saturated rings. The molecule has 4 rings (SSSR count). The van der Waals surface area contributed by atoms with Crippen LogP contribution in [0.25, 0.3) is 10.9 Å². The minimum absolute atomic E-state index is 0.223. The topological polar surface area (TPSA) is 88.5 Å². The standard InChI is InChI=1S/C19H21N5O3S/c1-23(2)17-11-20-12-18(22-17)27-15-8-10-24(13-15)28(25,26)16-7-3-5-14-6-4-9-21-19(14)16/h3-7,9,11-12,15H,8,10,13H2,1-2H3. The minimum Gasteiger partial charge on any atom is -0.472 e. The first-order valence-electron chi connectivity index (χ1n) is 8.95. The number of ether oxygens (including phenoxy) is 1. The second-order valence-corrected chi connectivity index (χ2v) is 8.74. The van der Waals surface area contributed by atoms with E-state index in [2.05, 4.69) is 15.0 Å². The molecule has 1 aliphatic rings. The summed E-state index contributed by atoms with van der Waals surface area (Å²) in [7, 11) is 0.0763. The molecule has 2 aromatic heterocycles. The number of hydrogen-bond acceptors (Lipinski definition) is 7. The SMILES string of the molecule is CN(C)c1cncc(OC2CCN(S(=O)(=O)c3cccc4cccnc34)C2)n1. The fourth-order valence-corrected chi connectivity index (χ4v) is 4.87. The highest BCUT2D eigenvalue weighted by Gasteiger charge is 2.35. The summed E-state index contributed by atoms with van der Waals surface area (Å²) in [5.74, 6) is 1.07. The fourth-order valence-electron chi connectivity index (χ4n) is 3.22. The summed E-state index contributed by atoms with van der Waals surface area (Å²) in [6.07, 6.45) is 5.10. The molecule has 0 N–H and O–H groups in total. The zero-order valence-corrected chi connectivity index (χ0v) is 16.5. The summed E-state index contributed by atoms with van der Waals surface area (Å²) in [4.78, 5) is 14.8. The Hall–Kier alpha value is -2.78. The van der Waals surface area contributed by atoms with Crippen LogP contribution in [0.1, 0.15) is 6.42 Å². The number of fused-ring (bicyclic) bond motifs is 1. The molecule has 0 bridgehead atoms. The third kappa shape index (κ3) is 3.50. The molecule has 1 unspecified atom stereocenters. The van der Waals surface area contributed by atoms with E-state index < -0.39 is 10.0 Å². The molecule has 0 amide bonds. The first kappa shape index (κ1) is 18.6. The van der Waals surface area contributed by atoms with Gasteiger partial charge in [-0.2, -0.15) is 9.29 Å². The van der Waals surface area contributed by atoms with Gasteiger partial charge in [0.2, 0.25) is 15.9 Å². The third-order valence-electron chi connectivity index (χ3n) is 4.67. The van der Waals surface area contributed by atoms with Crippen LogP contribution in [0.15, 0.2) is 53.8 Å². The lowest BCUT2D eigenvalue weighted by atomic mass is 10.2. The van der Waals surface area contributed by atoms with Gasteiger partial charge in [-0.15, -0.1) is 0 Å². The highest BCUT2D eigenvalue weighted by molar-refractivity contribution is 7.89. The quantitative estimate of drug-likeness (QED) is 0.648. The second-order valence-electron chi connectivity index (χ2n) is 6.83. The van der Waals surface area contributed by atoms with Gasteiger partial charge in [-0.05, 0) is 18.6 Å². The Morgan fingerprint density at radius 1 is 1.18 bits per heavy atom. The van der Waals surface area contributed by atoms with E-state index in [4.69, 9.17) is 4.74 Å². The van der Waals surface area contributed by atoms with Gasteiger partial charge in [0, 0.05) is 32.2 Å². The van der Waals surface area contributed by atoms with Gasteiger partial charge in [-0.25, -0.2) is 8.42 Å². The monoisotopic (exact) mass is 399 g/mol. The maximum absolute atomic E-state index is 13.2. The van der Waals surface area contributed by atoms with Crippen molar-refractivity contribution in [2.75, 3.05) is 32.1 Å². The van der Waals surface area contributed by atoms with Crippen LogP contribution < -0.4 is 9.64 Å². The van der Waals surface area contributed by atoms with Gasteiger partial charge in [0.1, 0.15) is 11.0 Å². The van der Waals surface area contributed by atoms with Crippen molar-refractivity contribution in [1.29, 1.82) is 0 Å². The number of aromatic nitrogens is 3. The smallest absolute Gasteiger partial charge is 0.245 e. The molecule has 0 saturated carbocycles. The van der Waals surface area contributed by atoms with Crippen LogP contribution in [0, 0.1) is 0 Å². The molecule has 146 valence electrons. The minimum atomic E-state index is -3.67. The lowest BCUT2D eigenvalue weighted by molar-refractivity contribution is 0.206. The molecule has 3 aromatic rings. The molecule has 9 heteroatoms. The van der Waals surface area contributed by atoms with E-state index in [0.717, 1.165) is 5.39 Å². The lowest BCUT2D eigenvalue weighted by Gasteiger charge is -2.18. The van der Waals surface area contributed by atoms with E-state index in [9.17, 15) is 8.42 Å². The summed E-state index contributed by atoms with van der Waals surface area (Å²) in [6.45, 7) is 0.649. The highest BCUT2D eigenvalue weighted by atomic mass is 32.2. The largest absolute Gasteiger partial charge is 0.472 e. The Morgan fingerprint density at radius 2 is 2.00 bits per heavy atom. The van der Waals surface area contributed by atoms with Gasteiger partial charge in [0.05, 0.1) is 24.5 Å². The summed E-state index contributed by atoms with van der Waals surface area (Å²) in [5, 5.41) is 0.798. The molecule has 1 aliphatic heterocycles. The number of sulfonamides is 1. The second kappa shape index (κ2) is 7.33. The molecule has 28 heavy (non-hydrogen) atoms. The number of hydrogen-bond donors (Lipinski definition) is 0. The van der Waals surface area contributed by atoms with Gasteiger partial charge in [-0.3, -0.25) is 9.97 Å². The molecule has 3 heterocycles. The fraction of sp³-hybridized carbons (Fsp3) is 0.316. The number of benzene rings is 1. The molecule has 0 radical (unpaired) electrons. The molecule has 0 spiro atoms. The zero-order valence-electron chi connectivity index (χ0n) is 15.7. The van der Waals surface area contributed by atoms with Crippen molar-refractivity contribution in [1.82, 2.24) is 19.3 Å². The van der Waals surface area contributed by atoms with Crippen LogP contribution in [-0.2, 0) is 10.0 Å². The number of para-hydroxylation sites is 1. The molecule has 1 atom stereocenters.